The van der Waals surface area contributed by atoms with Gasteiger partial charge in [-0.15, -0.1) is 0 Å². The van der Waals surface area contributed by atoms with Crippen molar-refractivity contribution in [2.24, 2.45) is 0 Å². The second-order valence-corrected chi connectivity index (χ2v) is 9.75. The largest absolute Gasteiger partial charge is 0.524 e. The Bertz CT molecular complexity index is 1340. The fraction of sp³-hybridized carbons (Fsp3) is 0.286. The van der Waals surface area contributed by atoms with Crippen LogP contribution in [0.2, 0.25) is 5.02 Å². The fourth-order valence-corrected chi connectivity index (χ4v) is 5.00. The van der Waals surface area contributed by atoms with E-state index in [4.69, 9.17) is 20.5 Å². The van der Waals surface area contributed by atoms with Gasteiger partial charge in [0.1, 0.15) is 36.1 Å². The van der Waals surface area contributed by atoms with Crippen molar-refractivity contribution in [1.82, 2.24) is 4.90 Å². The highest BCUT2D eigenvalue weighted by Gasteiger charge is 2.36. The number of piperidine rings is 1. The number of aliphatic hydroxyl groups excluding tert-OH is 1. The van der Waals surface area contributed by atoms with Crippen molar-refractivity contribution >= 4 is 43.7 Å². The average Bonchev–Trinajstić information content (AvgIpc) is 2.72. The van der Waals surface area contributed by atoms with Crippen molar-refractivity contribution in [3.05, 3.63) is 51.1 Å². The quantitative estimate of drug-likeness (QED) is 0.313. The Morgan fingerprint density at radius 3 is 2.64 bits per heavy atom. The van der Waals surface area contributed by atoms with Gasteiger partial charge in [-0.05, 0) is 37.6 Å². The van der Waals surface area contributed by atoms with E-state index in [1.54, 1.807) is 24.3 Å². The third-order valence-corrected chi connectivity index (χ3v) is 6.62. The molecule has 0 aliphatic carbocycles. The molecule has 1 fully saturated rings. The lowest BCUT2D eigenvalue weighted by Crippen LogP contribution is -2.41. The number of β-amino-alcohol motifs (C(OH)–C–C–N with tert-alkyl or cyclic N) is 1. The van der Waals surface area contributed by atoms with Gasteiger partial charge in [0.05, 0.1) is 11.1 Å². The summed E-state index contributed by atoms with van der Waals surface area (Å²) >= 11 is 6.28. The lowest BCUT2D eigenvalue weighted by atomic mass is 9.80. The highest BCUT2D eigenvalue weighted by atomic mass is 35.5. The number of phenols is 1. The van der Waals surface area contributed by atoms with Gasteiger partial charge in [-0.3, -0.25) is 14.6 Å². The van der Waals surface area contributed by atoms with Gasteiger partial charge < -0.3 is 24.1 Å². The van der Waals surface area contributed by atoms with Crippen LogP contribution < -0.4 is 15.4 Å². The normalized spacial score (nSPS) is 19.7. The lowest BCUT2D eigenvalue weighted by Gasteiger charge is -2.35. The number of phenolic OH excluding ortho intramolecular Hbond substituents is 1. The van der Waals surface area contributed by atoms with Gasteiger partial charge in [-0.1, -0.05) is 23.7 Å². The summed E-state index contributed by atoms with van der Waals surface area (Å²) in [6, 6.07) is 7.89. The molecule has 1 aliphatic heterocycles. The molecule has 1 aromatic heterocycles. The molecule has 4 N–H and O–H groups in total. The van der Waals surface area contributed by atoms with Gasteiger partial charge >= 0.3 is 7.82 Å². The maximum atomic E-state index is 13.1. The fourth-order valence-electron chi connectivity index (χ4n) is 4.30. The number of halogens is 1. The summed E-state index contributed by atoms with van der Waals surface area (Å²) in [6.45, 7) is 0.864. The Hall–Kier alpha value is -2.33. The Labute approximate surface area is 194 Å². The molecule has 2 aromatic carbocycles. The predicted molar refractivity (Wildman–Crippen MR) is 126 cm³/mol. The van der Waals surface area contributed by atoms with Crippen molar-refractivity contribution in [1.29, 1.82) is 0 Å². The zero-order valence-corrected chi connectivity index (χ0v) is 19.5. The van der Waals surface area contributed by atoms with E-state index in [9.17, 15) is 29.4 Å². The van der Waals surface area contributed by atoms with E-state index in [0.29, 0.717) is 23.6 Å². The smallest absolute Gasteiger partial charge is 0.507 e. The Morgan fingerprint density at radius 2 is 2.00 bits per heavy atom. The van der Waals surface area contributed by atoms with Crippen molar-refractivity contribution in [2.75, 3.05) is 20.1 Å². The Morgan fingerprint density at radius 1 is 1.30 bits per heavy atom. The van der Waals surface area contributed by atoms with Crippen molar-refractivity contribution < 1.29 is 33.5 Å². The molecule has 2 heterocycles. The molecule has 12 heteroatoms. The van der Waals surface area contributed by atoms with Crippen molar-refractivity contribution in [2.45, 2.75) is 18.4 Å². The molecule has 3 aromatic rings. The van der Waals surface area contributed by atoms with Crippen LogP contribution in [0.4, 0.5) is 0 Å². The molecule has 0 saturated carbocycles. The van der Waals surface area contributed by atoms with Crippen LogP contribution in [0.1, 0.15) is 17.9 Å². The Balaban J connectivity index is 2.10. The first-order chi connectivity index (χ1) is 15.5. The zero-order chi connectivity index (χ0) is 24.1. The van der Waals surface area contributed by atoms with Gasteiger partial charge in [0.25, 0.3) is 0 Å². The molecule has 0 bridgehead atoms. The zero-order valence-electron chi connectivity index (χ0n) is 17.9. The van der Waals surface area contributed by atoms with E-state index in [1.165, 1.54) is 13.9 Å². The van der Waals surface area contributed by atoms with Crippen molar-refractivity contribution in [3.8, 4) is 22.8 Å². The number of likely N-dealkylation sites (tertiary alicyclic amines) is 1. The molecule has 9 nitrogen and oxygen atoms in total. The number of likely N-dealkylation sites (N-methyl/N-ethyl adjacent to an activating group) is 1. The predicted octanol–water partition coefficient (Wildman–Crippen LogP) is 1.33. The van der Waals surface area contributed by atoms with Gasteiger partial charge in [0.2, 0.25) is 0 Å². The van der Waals surface area contributed by atoms with Gasteiger partial charge in [0, 0.05) is 29.7 Å². The molecule has 174 valence electrons. The van der Waals surface area contributed by atoms with Crippen LogP contribution in [-0.2, 0) is 4.57 Å². The standard InChI is InChI=1S/C21H22BClNO8P/c1-24-7-6-11(14(26)9-24)16-20-17(19(27)18(22)21(16)32-33(28,29)30)13(25)8-15(31-20)10-4-2-3-5-12(10)23/h2-5,8,11,14,26-27H,6-7,9,22H2,1H3,(H2,28,29,30). The number of aromatic hydroxyl groups is 1. The van der Waals surface area contributed by atoms with Gasteiger partial charge in [-0.2, -0.15) is 0 Å². The van der Waals surface area contributed by atoms with Crippen LogP contribution in [0, 0.1) is 0 Å². The number of phosphoric acid groups is 1. The van der Waals surface area contributed by atoms with E-state index in [2.05, 4.69) is 0 Å². The molecule has 2 atom stereocenters. The number of hydrogen-bond donors (Lipinski definition) is 4. The van der Waals surface area contributed by atoms with Crippen LogP contribution in [0.25, 0.3) is 22.3 Å². The first-order valence-electron chi connectivity index (χ1n) is 10.2. The summed E-state index contributed by atoms with van der Waals surface area (Å²) in [4.78, 5) is 34.1. The van der Waals surface area contributed by atoms with Crippen LogP contribution in [0.15, 0.2) is 39.5 Å². The Kier molecular flexibility index (Phi) is 6.35. The SMILES string of the molecule is Bc1c(OP(=O)(O)O)c(C2CCN(C)CC2O)c2oc(-c3ccccc3Cl)cc(=O)c2c1O. The number of phosphoric ester groups is 1. The van der Waals surface area contributed by atoms with Gasteiger partial charge in [-0.25, -0.2) is 4.57 Å². The molecule has 33 heavy (non-hydrogen) atoms. The highest BCUT2D eigenvalue weighted by Crippen LogP contribution is 2.47. The van der Waals surface area contributed by atoms with Crippen LogP contribution >= 0.6 is 19.4 Å². The van der Waals surface area contributed by atoms with E-state index in [0.717, 1.165) is 0 Å². The molecular formula is C21H22BClNO8P. The molecule has 0 radical (unpaired) electrons. The molecule has 1 aliphatic rings. The minimum atomic E-state index is -5.06. The number of benzene rings is 2. The molecule has 2 unspecified atom stereocenters. The van der Waals surface area contributed by atoms with Crippen LogP contribution in [-0.4, -0.2) is 59.0 Å². The van der Waals surface area contributed by atoms with E-state index >= 15 is 0 Å². The molecule has 4 rings (SSSR count). The minimum Gasteiger partial charge on any atom is -0.507 e. The second-order valence-electron chi connectivity index (χ2n) is 8.18. The summed E-state index contributed by atoms with van der Waals surface area (Å²) in [6.07, 6.45) is -0.543. The monoisotopic (exact) mass is 493 g/mol. The number of nitrogens with zero attached hydrogens (tertiary/aromatic N) is 1. The van der Waals surface area contributed by atoms with Crippen LogP contribution in [0.3, 0.4) is 0 Å². The number of rotatable bonds is 4. The van der Waals surface area contributed by atoms with Gasteiger partial charge in [0.15, 0.2) is 5.43 Å². The molecule has 0 spiro atoms. The third kappa shape index (κ3) is 4.55. The number of aliphatic hydroxyl groups is 1. The van der Waals surface area contributed by atoms with E-state index in [-0.39, 0.29) is 40.1 Å². The molecule has 0 amide bonds. The third-order valence-electron chi connectivity index (χ3n) is 5.87. The maximum Gasteiger partial charge on any atom is 0.524 e. The molecule has 1 saturated heterocycles. The second kappa shape index (κ2) is 8.79. The first-order valence-corrected chi connectivity index (χ1v) is 12.1. The van der Waals surface area contributed by atoms with Crippen LogP contribution in [0.5, 0.6) is 11.5 Å². The highest BCUT2D eigenvalue weighted by molar-refractivity contribution is 7.46. The summed E-state index contributed by atoms with van der Waals surface area (Å²) in [5, 5.41) is 21.8. The summed E-state index contributed by atoms with van der Waals surface area (Å²) in [7, 11) is -1.84. The summed E-state index contributed by atoms with van der Waals surface area (Å²) < 4.78 is 22.8. The van der Waals surface area contributed by atoms with Crippen molar-refractivity contribution in [3.63, 3.8) is 0 Å². The number of hydrogen-bond acceptors (Lipinski definition) is 7. The first kappa shape index (κ1) is 23.8. The molecular weight excluding hydrogens is 471 g/mol. The minimum absolute atomic E-state index is 0.0373. The average molecular weight is 494 g/mol. The topological polar surface area (TPSA) is 141 Å². The maximum absolute atomic E-state index is 13.1. The summed E-state index contributed by atoms with van der Waals surface area (Å²) in [5.41, 5.74) is -0.179. The van der Waals surface area contributed by atoms with E-state index < -0.39 is 31.0 Å². The lowest BCUT2D eigenvalue weighted by molar-refractivity contribution is 0.0632. The number of fused-ring (bicyclic) bond motifs is 1. The summed E-state index contributed by atoms with van der Waals surface area (Å²) in [5.74, 6) is -1.40. The van der Waals surface area contributed by atoms with E-state index in [1.807, 2.05) is 11.9 Å².